The second kappa shape index (κ2) is 15.7. The Morgan fingerprint density at radius 1 is 0.957 bits per heavy atom. The highest BCUT2D eigenvalue weighted by atomic mass is 31.2. The minimum atomic E-state index is -4.64. The molecular formula is C31H38N5O9P. The van der Waals surface area contributed by atoms with Crippen LogP contribution < -0.4 is 4.90 Å². The summed E-state index contributed by atoms with van der Waals surface area (Å²) in [5, 5.41) is 11.7. The first-order valence-corrected chi connectivity index (χ1v) is 15.5. The fourth-order valence-electron chi connectivity index (χ4n) is 4.86. The first-order chi connectivity index (χ1) is 21.3. The number of esters is 1. The van der Waals surface area contributed by atoms with Gasteiger partial charge in [0, 0.05) is 55.4 Å². The van der Waals surface area contributed by atoms with Gasteiger partial charge < -0.3 is 44.8 Å². The molecule has 15 heteroatoms. The third-order valence-electron chi connectivity index (χ3n) is 7.29. The Morgan fingerprint density at radius 2 is 1.57 bits per heavy atom. The number of hydrogen-bond acceptors (Lipinski definition) is 8. The monoisotopic (exact) mass is 655 g/mol. The molecule has 0 atom stereocenters. The van der Waals surface area contributed by atoms with Crippen molar-refractivity contribution in [1.29, 1.82) is 0 Å². The summed E-state index contributed by atoms with van der Waals surface area (Å²) in [5.74, 6) is -0.465. The number of ether oxygens (including phenoxy) is 1. The number of benzene rings is 3. The second-order valence-electron chi connectivity index (χ2n) is 10.5. The van der Waals surface area contributed by atoms with Gasteiger partial charge in [-0.2, -0.15) is 0 Å². The van der Waals surface area contributed by atoms with E-state index in [1.807, 2.05) is 54.6 Å². The Bertz CT molecular complexity index is 1710. The third kappa shape index (κ3) is 9.55. The van der Waals surface area contributed by atoms with Gasteiger partial charge in [-0.15, -0.1) is 0 Å². The fourth-order valence-corrected chi connectivity index (χ4v) is 4.86. The van der Waals surface area contributed by atoms with Gasteiger partial charge in [-0.1, -0.05) is 36.4 Å². The van der Waals surface area contributed by atoms with Gasteiger partial charge in [-0.3, -0.25) is 9.69 Å². The number of nitrogens with one attached hydrogen (secondary N) is 1. The molecule has 1 aromatic heterocycles. The van der Waals surface area contributed by atoms with Crippen molar-refractivity contribution in [2.24, 2.45) is 4.99 Å². The molecule has 2 heterocycles. The van der Waals surface area contributed by atoms with E-state index < -0.39 is 13.8 Å². The lowest BCUT2D eigenvalue weighted by molar-refractivity contribution is -0.119. The van der Waals surface area contributed by atoms with Crippen molar-refractivity contribution in [3.8, 4) is 5.88 Å². The summed E-state index contributed by atoms with van der Waals surface area (Å²) >= 11 is 0. The van der Waals surface area contributed by atoms with Crippen LogP contribution in [0.3, 0.4) is 0 Å². The quantitative estimate of drug-likeness (QED) is 0.111. The number of hydrogen-bond donors (Lipinski definition) is 5. The molecule has 0 aliphatic carbocycles. The largest absolute Gasteiger partial charge is 0.494 e. The number of anilines is 1. The van der Waals surface area contributed by atoms with Gasteiger partial charge in [0.25, 0.3) is 0 Å². The minimum absolute atomic E-state index is 0. The van der Waals surface area contributed by atoms with E-state index in [1.165, 1.54) is 7.11 Å². The molecule has 246 valence electrons. The molecular weight excluding hydrogens is 617 g/mol. The van der Waals surface area contributed by atoms with E-state index in [9.17, 15) is 14.7 Å². The summed E-state index contributed by atoms with van der Waals surface area (Å²) < 4.78 is 13.7. The summed E-state index contributed by atoms with van der Waals surface area (Å²) in [6.45, 7) is 4.09. The zero-order valence-corrected chi connectivity index (χ0v) is 26.5. The van der Waals surface area contributed by atoms with Crippen molar-refractivity contribution in [2.45, 2.75) is 0 Å². The maximum atomic E-state index is 12.9. The zero-order chi connectivity index (χ0) is 32.7. The molecule has 0 unspecified atom stereocenters. The molecule has 1 saturated heterocycles. The summed E-state index contributed by atoms with van der Waals surface area (Å²) in [7, 11) is 0.578. The Labute approximate surface area is 265 Å². The summed E-state index contributed by atoms with van der Waals surface area (Å²) in [6, 6.07) is 22.2. The van der Waals surface area contributed by atoms with Crippen LogP contribution in [0.1, 0.15) is 21.5 Å². The third-order valence-corrected chi connectivity index (χ3v) is 7.29. The van der Waals surface area contributed by atoms with Crippen molar-refractivity contribution in [1.82, 2.24) is 14.8 Å². The van der Waals surface area contributed by atoms with E-state index in [1.54, 1.807) is 30.1 Å². The predicted molar refractivity (Wildman–Crippen MR) is 175 cm³/mol. The van der Waals surface area contributed by atoms with E-state index >= 15 is 0 Å². The molecule has 7 N–H and O–H groups in total. The van der Waals surface area contributed by atoms with Crippen LogP contribution in [0.15, 0.2) is 77.8 Å². The Balaban J connectivity index is 0.000000892. The summed E-state index contributed by atoms with van der Waals surface area (Å²) in [4.78, 5) is 60.5. The number of carbonyl (C=O) groups excluding carboxylic acids is 2. The lowest BCUT2D eigenvalue weighted by Gasteiger charge is -2.32. The molecule has 0 saturated carbocycles. The molecule has 0 radical (unpaired) electrons. The van der Waals surface area contributed by atoms with Crippen molar-refractivity contribution in [2.75, 3.05) is 58.8 Å². The number of aromatic nitrogens is 1. The number of H-pyrrole nitrogens is 1. The Hall–Kier alpha value is -4.40. The summed E-state index contributed by atoms with van der Waals surface area (Å²) in [5.41, 5.74) is 4.34. The highest BCUT2D eigenvalue weighted by Crippen LogP contribution is 2.32. The molecule has 1 aliphatic heterocycles. The fraction of sp³-hybridized carbons (Fsp3) is 0.258. The molecule has 3 aromatic carbocycles. The number of piperazine rings is 1. The number of carbonyl (C=O) groups is 2. The smallest absolute Gasteiger partial charge is 0.466 e. The lowest BCUT2D eigenvalue weighted by Crippen LogP contribution is -2.48. The van der Waals surface area contributed by atoms with Gasteiger partial charge in [0.1, 0.15) is 0 Å². The van der Waals surface area contributed by atoms with Gasteiger partial charge >= 0.3 is 13.8 Å². The topological polar surface area (TPSA) is 211 Å². The molecule has 0 bridgehead atoms. The van der Waals surface area contributed by atoms with Crippen LogP contribution in [0, 0.1) is 0 Å². The number of rotatable bonds is 7. The SMILES string of the molecule is COC(=O)c1ccc2c(C(=Nc3ccc(N(C)C(=O)CN4CCN(C)CC4)cc3)c3ccccc3)c(O)[nH]c2c1.O.O=P(O)(O)O. The maximum absolute atomic E-state index is 12.9. The number of methoxy groups -OCH3 is 1. The van der Waals surface area contributed by atoms with E-state index in [0.29, 0.717) is 34.6 Å². The first kappa shape index (κ1) is 36.1. The number of likely N-dealkylation sites (N-methyl/N-ethyl adjacent to an activating group) is 2. The molecule has 0 spiro atoms. The highest BCUT2D eigenvalue weighted by molar-refractivity contribution is 7.45. The van der Waals surface area contributed by atoms with E-state index in [-0.39, 0.29) is 17.3 Å². The Kier molecular flexibility index (Phi) is 12.3. The molecule has 1 aliphatic rings. The Morgan fingerprint density at radius 3 is 2.15 bits per heavy atom. The standard InChI is InChI=1S/C31H33N5O4.H3O4P.H2O/c1-34-15-17-36(18-16-34)20-27(37)35(2)24-12-10-23(11-13-24)32-29(21-7-5-4-6-8-21)28-25-14-9-22(31(39)40-3)19-26(25)33-30(28)38;1-5(2,3)4;/h4-14,19,33,38H,15-18,20H2,1-3H3;(H3,1,2,3,4);1H2. The number of nitrogens with zero attached hydrogens (tertiary/aromatic N) is 4. The molecule has 1 amide bonds. The molecule has 4 aromatic rings. The van der Waals surface area contributed by atoms with E-state index in [4.69, 9.17) is 29.0 Å². The number of aliphatic imine (C=N–C) groups is 1. The van der Waals surface area contributed by atoms with Crippen molar-refractivity contribution < 1.29 is 44.2 Å². The number of aromatic amines is 1. The minimum Gasteiger partial charge on any atom is -0.494 e. The molecule has 14 nitrogen and oxygen atoms in total. The van der Waals surface area contributed by atoms with Gasteiger partial charge in [0.15, 0.2) is 5.88 Å². The molecule has 5 rings (SSSR count). The zero-order valence-electron chi connectivity index (χ0n) is 25.6. The average Bonchev–Trinajstić information content (AvgIpc) is 3.34. The molecule has 46 heavy (non-hydrogen) atoms. The number of fused-ring (bicyclic) bond motifs is 1. The van der Waals surface area contributed by atoms with Crippen molar-refractivity contribution >= 4 is 47.7 Å². The van der Waals surface area contributed by atoms with Crippen LogP contribution in [-0.2, 0) is 14.1 Å². The number of amides is 1. The van der Waals surface area contributed by atoms with Crippen LogP contribution in [0.5, 0.6) is 5.88 Å². The predicted octanol–water partition coefficient (Wildman–Crippen LogP) is 2.29. The normalized spacial score (nSPS) is 14.2. The van der Waals surface area contributed by atoms with Crippen LogP contribution in [0.25, 0.3) is 10.9 Å². The maximum Gasteiger partial charge on any atom is 0.466 e. The van der Waals surface area contributed by atoms with Crippen molar-refractivity contribution in [3.05, 3.63) is 89.5 Å². The average molecular weight is 656 g/mol. The number of phosphoric acid groups is 1. The van der Waals surface area contributed by atoms with Crippen LogP contribution >= 0.6 is 7.82 Å². The van der Waals surface area contributed by atoms with E-state index in [2.05, 4.69) is 21.8 Å². The first-order valence-electron chi connectivity index (χ1n) is 14.0. The van der Waals surface area contributed by atoms with Crippen LogP contribution in [0.4, 0.5) is 11.4 Å². The number of aromatic hydroxyl groups is 1. The molecule has 1 fully saturated rings. The van der Waals surface area contributed by atoms with Gasteiger partial charge in [-0.05, 0) is 43.4 Å². The highest BCUT2D eigenvalue weighted by Gasteiger charge is 2.21. The van der Waals surface area contributed by atoms with Crippen LogP contribution in [-0.4, -0.2) is 112 Å². The van der Waals surface area contributed by atoms with Gasteiger partial charge in [0.2, 0.25) is 5.91 Å². The van der Waals surface area contributed by atoms with E-state index in [0.717, 1.165) is 42.8 Å². The van der Waals surface area contributed by atoms with Crippen LogP contribution in [0.2, 0.25) is 0 Å². The van der Waals surface area contributed by atoms with Crippen molar-refractivity contribution in [3.63, 3.8) is 0 Å². The lowest BCUT2D eigenvalue weighted by atomic mass is 10.00. The van der Waals surface area contributed by atoms with Gasteiger partial charge in [-0.25, -0.2) is 14.4 Å². The second-order valence-corrected chi connectivity index (χ2v) is 11.5. The summed E-state index contributed by atoms with van der Waals surface area (Å²) in [6.07, 6.45) is 0. The van der Waals surface area contributed by atoms with Gasteiger partial charge in [0.05, 0.1) is 36.2 Å².